The van der Waals surface area contributed by atoms with Gasteiger partial charge in [-0.2, -0.15) is 0 Å². The van der Waals surface area contributed by atoms with Gasteiger partial charge in [0.2, 0.25) is 0 Å². The summed E-state index contributed by atoms with van der Waals surface area (Å²) in [4.78, 5) is 4.16. The third kappa shape index (κ3) is 3.03. The first-order valence-corrected chi connectivity index (χ1v) is 5.94. The topological polar surface area (TPSA) is 34.1 Å². The highest BCUT2D eigenvalue weighted by Crippen LogP contribution is 2.29. The van der Waals surface area contributed by atoms with Gasteiger partial charge < -0.3 is 10.1 Å². The minimum Gasteiger partial charge on any atom is -0.373 e. The van der Waals surface area contributed by atoms with Crippen molar-refractivity contribution in [1.29, 1.82) is 0 Å². The summed E-state index contributed by atoms with van der Waals surface area (Å²) in [5.74, 6) is 0.811. The van der Waals surface area contributed by atoms with Crippen molar-refractivity contribution in [2.24, 2.45) is 5.92 Å². The molecule has 0 unspecified atom stereocenters. The quantitative estimate of drug-likeness (QED) is 0.823. The maximum absolute atomic E-state index is 5.83. The molecule has 3 heteroatoms. The first-order chi connectivity index (χ1) is 7.78. The van der Waals surface area contributed by atoms with Crippen molar-refractivity contribution >= 4 is 0 Å². The highest BCUT2D eigenvalue weighted by atomic mass is 16.5. The van der Waals surface area contributed by atoms with Crippen molar-refractivity contribution in [2.75, 3.05) is 13.6 Å². The Morgan fingerprint density at radius 1 is 1.44 bits per heavy atom. The van der Waals surface area contributed by atoms with Gasteiger partial charge in [0.15, 0.2) is 0 Å². The van der Waals surface area contributed by atoms with Gasteiger partial charge in [0.1, 0.15) is 0 Å². The minimum absolute atomic E-state index is 0.457. The lowest BCUT2D eigenvalue weighted by Crippen LogP contribution is -2.36. The average molecular weight is 220 g/mol. The van der Waals surface area contributed by atoms with E-state index in [1.807, 2.05) is 19.4 Å². The second-order valence-electron chi connectivity index (χ2n) is 4.70. The summed E-state index contributed by atoms with van der Waals surface area (Å²) in [6, 6.07) is 2.14. The zero-order valence-corrected chi connectivity index (χ0v) is 10.1. The number of nitrogens with one attached hydrogen (secondary N) is 1. The summed E-state index contributed by atoms with van der Waals surface area (Å²) in [7, 11) is 2.01. The molecule has 3 nitrogen and oxygen atoms in total. The molecule has 2 rings (SSSR count). The Labute approximate surface area is 97.2 Å². The summed E-state index contributed by atoms with van der Waals surface area (Å²) >= 11 is 0. The lowest BCUT2D eigenvalue weighted by atomic mass is 9.82. The minimum atomic E-state index is 0.457. The molecule has 1 fully saturated rings. The Morgan fingerprint density at radius 3 is 2.94 bits per heavy atom. The van der Waals surface area contributed by atoms with Gasteiger partial charge in [-0.1, -0.05) is 6.07 Å². The maximum atomic E-state index is 5.83. The van der Waals surface area contributed by atoms with Crippen LogP contribution in [0.25, 0.3) is 0 Å². The molecule has 0 saturated heterocycles. The van der Waals surface area contributed by atoms with Crippen molar-refractivity contribution < 1.29 is 4.74 Å². The number of aryl methyl sites for hydroxylation is 1. The number of hydrogen-bond acceptors (Lipinski definition) is 3. The summed E-state index contributed by atoms with van der Waals surface area (Å²) in [5.41, 5.74) is 2.37. The number of ether oxygens (including phenoxy) is 1. The molecule has 0 bridgehead atoms. The summed E-state index contributed by atoms with van der Waals surface area (Å²) in [6.07, 6.45) is 6.60. The van der Waals surface area contributed by atoms with Gasteiger partial charge >= 0.3 is 0 Å². The normalized spacial score (nSPS) is 24.1. The molecular weight excluding hydrogens is 200 g/mol. The summed E-state index contributed by atoms with van der Waals surface area (Å²) < 4.78 is 5.83. The predicted octanol–water partition coefficient (Wildman–Crippen LogP) is 1.90. The lowest BCUT2D eigenvalue weighted by molar-refractivity contribution is -0.0392. The molecule has 0 amide bonds. The number of aromatic nitrogens is 1. The Bertz CT molecular complexity index is 334. The molecule has 1 aliphatic rings. The van der Waals surface area contributed by atoms with E-state index in [9.17, 15) is 0 Å². The Hall–Kier alpha value is -0.930. The SMILES string of the molecule is CNCC1CC(OCc2cncc(C)c2)C1. The van der Waals surface area contributed by atoms with Gasteiger partial charge in [-0.15, -0.1) is 0 Å². The Kier molecular flexibility index (Phi) is 3.91. The molecule has 0 aromatic carbocycles. The number of nitrogens with zero attached hydrogens (tertiary/aromatic N) is 1. The molecule has 1 saturated carbocycles. The molecule has 16 heavy (non-hydrogen) atoms. The van der Waals surface area contributed by atoms with E-state index in [1.165, 1.54) is 24.0 Å². The molecule has 0 spiro atoms. The third-order valence-electron chi connectivity index (χ3n) is 3.10. The van der Waals surface area contributed by atoms with E-state index in [2.05, 4.69) is 23.3 Å². The third-order valence-corrected chi connectivity index (χ3v) is 3.10. The van der Waals surface area contributed by atoms with Crippen molar-refractivity contribution in [1.82, 2.24) is 10.3 Å². The van der Waals surface area contributed by atoms with Crippen molar-refractivity contribution in [3.8, 4) is 0 Å². The van der Waals surface area contributed by atoms with E-state index in [-0.39, 0.29) is 0 Å². The van der Waals surface area contributed by atoms with Gasteiger partial charge in [0, 0.05) is 12.4 Å². The summed E-state index contributed by atoms with van der Waals surface area (Å²) in [5, 5.41) is 3.21. The van der Waals surface area contributed by atoms with Crippen LogP contribution in [-0.2, 0) is 11.3 Å². The molecule has 88 valence electrons. The predicted molar refractivity (Wildman–Crippen MR) is 64.2 cm³/mol. The zero-order valence-electron chi connectivity index (χ0n) is 10.1. The molecule has 0 radical (unpaired) electrons. The second-order valence-corrected chi connectivity index (χ2v) is 4.70. The summed E-state index contributed by atoms with van der Waals surface area (Å²) in [6.45, 7) is 3.88. The van der Waals surface area contributed by atoms with Crippen LogP contribution in [0.3, 0.4) is 0 Å². The van der Waals surface area contributed by atoms with Crippen LogP contribution < -0.4 is 5.32 Å². The van der Waals surface area contributed by atoms with E-state index in [4.69, 9.17) is 4.74 Å². The standard InChI is InChI=1S/C13H20N2O/c1-10-3-12(8-15-6-10)9-16-13-4-11(5-13)7-14-2/h3,6,8,11,13-14H,4-5,7,9H2,1-2H3. The molecule has 0 atom stereocenters. The van der Waals surface area contributed by atoms with Crippen LogP contribution in [0.5, 0.6) is 0 Å². The van der Waals surface area contributed by atoms with Crippen LogP contribution in [0.4, 0.5) is 0 Å². The highest BCUT2D eigenvalue weighted by Gasteiger charge is 2.28. The molecule has 1 aromatic heterocycles. The smallest absolute Gasteiger partial charge is 0.0735 e. The fraction of sp³-hybridized carbons (Fsp3) is 0.615. The van der Waals surface area contributed by atoms with E-state index in [0.717, 1.165) is 12.5 Å². The van der Waals surface area contributed by atoms with Gasteiger partial charge in [0.05, 0.1) is 12.7 Å². The van der Waals surface area contributed by atoms with Crippen LogP contribution in [0, 0.1) is 12.8 Å². The van der Waals surface area contributed by atoms with Crippen molar-refractivity contribution in [3.05, 3.63) is 29.6 Å². The number of rotatable bonds is 5. The highest BCUT2D eigenvalue weighted by molar-refractivity contribution is 5.15. The molecule has 0 aliphatic heterocycles. The molecular formula is C13H20N2O. The van der Waals surface area contributed by atoms with Crippen LogP contribution in [0.15, 0.2) is 18.5 Å². The molecule has 1 heterocycles. The second kappa shape index (κ2) is 5.41. The first kappa shape index (κ1) is 11.6. The monoisotopic (exact) mass is 220 g/mol. The fourth-order valence-corrected chi connectivity index (χ4v) is 2.18. The van der Waals surface area contributed by atoms with E-state index in [1.54, 1.807) is 0 Å². The van der Waals surface area contributed by atoms with Gasteiger partial charge in [0.25, 0.3) is 0 Å². The number of hydrogen-bond donors (Lipinski definition) is 1. The molecule has 1 aliphatic carbocycles. The molecule has 1 N–H and O–H groups in total. The van der Waals surface area contributed by atoms with Crippen LogP contribution in [0.1, 0.15) is 24.0 Å². The average Bonchev–Trinajstić information content (AvgIpc) is 2.21. The zero-order chi connectivity index (χ0) is 11.4. The van der Waals surface area contributed by atoms with Crippen LogP contribution >= 0.6 is 0 Å². The van der Waals surface area contributed by atoms with Crippen molar-refractivity contribution in [2.45, 2.75) is 32.5 Å². The van der Waals surface area contributed by atoms with Gasteiger partial charge in [-0.25, -0.2) is 0 Å². The first-order valence-electron chi connectivity index (χ1n) is 5.94. The van der Waals surface area contributed by atoms with E-state index >= 15 is 0 Å². The van der Waals surface area contributed by atoms with Gasteiger partial charge in [-0.3, -0.25) is 4.98 Å². The van der Waals surface area contributed by atoms with Crippen molar-refractivity contribution in [3.63, 3.8) is 0 Å². The largest absolute Gasteiger partial charge is 0.373 e. The molecule has 1 aromatic rings. The Morgan fingerprint density at radius 2 is 2.25 bits per heavy atom. The fourth-order valence-electron chi connectivity index (χ4n) is 2.18. The van der Waals surface area contributed by atoms with E-state index in [0.29, 0.717) is 12.7 Å². The van der Waals surface area contributed by atoms with E-state index < -0.39 is 0 Å². The maximum Gasteiger partial charge on any atom is 0.0735 e. The van der Waals surface area contributed by atoms with Crippen LogP contribution in [-0.4, -0.2) is 24.7 Å². The van der Waals surface area contributed by atoms with Gasteiger partial charge in [-0.05, 0) is 50.4 Å². The van der Waals surface area contributed by atoms with Crippen LogP contribution in [0.2, 0.25) is 0 Å². The Balaban J connectivity index is 1.69. The number of pyridine rings is 1. The lowest BCUT2D eigenvalue weighted by Gasteiger charge is -2.35.